The zero-order valence-electron chi connectivity index (χ0n) is 11.6. The lowest BCUT2D eigenvalue weighted by Gasteiger charge is -2.38. The summed E-state index contributed by atoms with van der Waals surface area (Å²) in [6.07, 6.45) is 0. The van der Waals surface area contributed by atoms with Gasteiger partial charge in [-0.3, -0.25) is 0 Å². The summed E-state index contributed by atoms with van der Waals surface area (Å²) in [6, 6.07) is 7.08. The third-order valence-corrected chi connectivity index (χ3v) is 3.28. The first-order chi connectivity index (χ1) is 8.19. The molecule has 0 radical (unpaired) electrons. The highest BCUT2D eigenvalue weighted by atomic mass is 16.6. The van der Waals surface area contributed by atoms with E-state index >= 15 is 0 Å². The monoisotopic (exact) mass is 252 g/mol. The van der Waals surface area contributed by atoms with E-state index in [0.29, 0.717) is 11.2 Å². The lowest BCUT2D eigenvalue weighted by atomic mass is 9.76. The maximum atomic E-state index is 10.1. The number of aliphatic hydroxyl groups is 1. The van der Waals surface area contributed by atoms with Crippen LogP contribution in [-0.4, -0.2) is 35.6 Å². The number of rotatable bonds is 5. The van der Waals surface area contributed by atoms with Gasteiger partial charge in [-0.25, -0.2) is 0 Å². The minimum absolute atomic E-state index is 0.539. The Morgan fingerprint density at radius 2 is 1.67 bits per heavy atom. The van der Waals surface area contributed by atoms with Gasteiger partial charge in [0.25, 0.3) is 0 Å². The minimum atomic E-state index is -1.15. The molecule has 2 N–H and O–H groups in total. The molecule has 0 aliphatic carbocycles. The average molecular weight is 252 g/mol. The first kappa shape index (κ1) is 15.0. The Kier molecular flexibility index (Phi) is 4.43. The van der Waals surface area contributed by atoms with E-state index in [0.717, 1.165) is 0 Å². The van der Waals surface area contributed by atoms with Gasteiger partial charge in [-0.15, -0.1) is 0 Å². The Bertz CT molecular complexity index is 398. The number of hydrogen-bond acceptors (Lipinski definition) is 4. The molecule has 0 saturated heterocycles. The highest BCUT2D eigenvalue weighted by Gasteiger charge is 2.40. The molecule has 18 heavy (non-hydrogen) atoms. The van der Waals surface area contributed by atoms with E-state index in [9.17, 15) is 10.1 Å². The standard InChI is InChI=1S/C13H21BO4/c1-12(2,15)13(3,4)18-14(16)10-8-6-7-9-11(10)17-5/h6-9,15-16H,1-5H3. The molecule has 0 amide bonds. The van der Waals surface area contributed by atoms with Crippen LogP contribution in [0.25, 0.3) is 0 Å². The summed E-state index contributed by atoms with van der Waals surface area (Å²) in [4.78, 5) is 0. The lowest BCUT2D eigenvalue weighted by Crippen LogP contribution is -2.53. The van der Waals surface area contributed by atoms with Gasteiger partial charge in [-0.05, 0) is 33.8 Å². The van der Waals surface area contributed by atoms with E-state index in [1.54, 1.807) is 45.9 Å². The van der Waals surface area contributed by atoms with Crippen molar-refractivity contribution in [3.8, 4) is 5.75 Å². The second kappa shape index (κ2) is 5.30. The quantitative estimate of drug-likeness (QED) is 0.766. The molecule has 0 aliphatic rings. The Morgan fingerprint density at radius 3 is 2.17 bits per heavy atom. The highest BCUT2D eigenvalue weighted by molar-refractivity contribution is 6.61. The number of hydrogen-bond donors (Lipinski definition) is 2. The molecule has 0 spiro atoms. The second-order valence-electron chi connectivity index (χ2n) is 5.28. The van der Waals surface area contributed by atoms with Crippen molar-refractivity contribution in [2.75, 3.05) is 7.11 Å². The normalized spacial score (nSPS) is 12.4. The number of ether oxygens (including phenoxy) is 1. The summed E-state index contributed by atoms with van der Waals surface area (Å²) in [5, 5.41) is 20.1. The van der Waals surface area contributed by atoms with Crippen molar-refractivity contribution in [1.29, 1.82) is 0 Å². The minimum Gasteiger partial charge on any atom is -0.497 e. The molecule has 1 rings (SSSR count). The Morgan fingerprint density at radius 1 is 1.11 bits per heavy atom. The predicted octanol–water partition coefficient (Wildman–Crippen LogP) is 0.949. The summed E-state index contributed by atoms with van der Waals surface area (Å²) < 4.78 is 10.7. The van der Waals surface area contributed by atoms with E-state index in [2.05, 4.69) is 0 Å². The summed E-state index contributed by atoms with van der Waals surface area (Å²) >= 11 is 0. The molecule has 4 nitrogen and oxygen atoms in total. The van der Waals surface area contributed by atoms with Gasteiger partial charge in [0.15, 0.2) is 0 Å². The first-order valence-corrected chi connectivity index (χ1v) is 5.90. The fraction of sp³-hybridized carbons (Fsp3) is 0.538. The van der Waals surface area contributed by atoms with Crippen LogP contribution < -0.4 is 10.2 Å². The number of benzene rings is 1. The maximum Gasteiger partial charge on any atom is 0.495 e. The molecule has 0 atom stereocenters. The van der Waals surface area contributed by atoms with Crippen LogP contribution >= 0.6 is 0 Å². The lowest BCUT2D eigenvalue weighted by molar-refractivity contribution is -0.0983. The Balaban J connectivity index is 2.92. The van der Waals surface area contributed by atoms with E-state index in [-0.39, 0.29) is 0 Å². The van der Waals surface area contributed by atoms with Crippen molar-refractivity contribution in [3.63, 3.8) is 0 Å². The molecule has 1 aromatic carbocycles. The first-order valence-electron chi connectivity index (χ1n) is 5.90. The molecule has 0 unspecified atom stereocenters. The Hall–Kier alpha value is -1.04. The van der Waals surface area contributed by atoms with Gasteiger partial charge in [0.2, 0.25) is 0 Å². The van der Waals surface area contributed by atoms with E-state index in [4.69, 9.17) is 9.39 Å². The molecule has 0 saturated carbocycles. The van der Waals surface area contributed by atoms with E-state index < -0.39 is 18.3 Å². The van der Waals surface area contributed by atoms with Gasteiger partial charge in [0.05, 0.1) is 18.3 Å². The van der Waals surface area contributed by atoms with Crippen molar-refractivity contribution in [2.24, 2.45) is 0 Å². The van der Waals surface area contributed by atoms with Crippen LogP contribution in [0.4, 0.5) is 0 Å². The van der Waals surface area contributed by atoms with Gasteiger partial charge in [-0.2, -0.15) is 0 Å². The van der Waals surface area contributed by atoms with Crippen LogP contribution in [0.5, 0.6) is 5.75 Å². The third-order valence-electron chi connectivity index (χ3n) is 3.28. The molecule has 100 valence electrons. The maximum absolute atomic E-state index is 10.1. The van der Waals surface area contributed by atoms with Crippen LogP contribution in [0.1, 0.15) is 27.7 Å². The molecule has 0 aliphatic heterocycles. The molecular weight excluding hydrogens is 231 g/mol. The summed E-state index contributed by atoms with van der Waals surface area (Å²) in [5.74, 6) is 0.552. The van der Waals surface area contributed by atoms with Gasteiger partial charge < -0.3 is 19.5 Å². The predicted molar refractivity (Wildman–Crippen MR) is 72.1 cm³/mol. The average Bonchev–Trinajstić information content (AvgIpc) is 2.26. The van der Waals surface area contributed by atoms with Crippen molar-refractivity contribution < 1.29 is 19.5 Å². The van der Waals surface area contributed by atoms with E-state index in [1.807, 2.05) is 6.07 Å². The van der Waals surface area contributed by atoms with Crippen LogP contribution in [0.15, 0.2) is 24.3 Å². The molecule has 0 aromatic heterocycles. The fourth-order valence-corrected chi connectivity index (χ4v) is 1.36. The van der Waals surface area contributed by atoms with Crippen LogP contribution in [0.2, 0.25) is 0 Å². The molecule has 0 heterocycles. The van der Waals surface area contributed by atoms with Gasteiger partial charge in [-0.1, -0.05) is 18.2 Å². The van der Waals surface area contributed by atoms with Crippen molar-refractivity contribution in [2.45, 2.75) is 38.9 Å². The van der Waals surface area contributed by atoms with Crippen LogP contribution in [-0.2, 0) is 4.65 Å². The highest BCUT2D eigenvalue weighted by Crippen LogP contribution is 2.25. The smallest absolute Gasteiger partial charge is 0.495 e. The van der Waals surface area contributed by atoms with Gasteiger partial charge >= 0.3 is 7.12 Å². The largest absolute Gasteiger partial charge is 0.497 e. The molecule has 1 aromatic rings. The second-order valence-corrected chi connectivity index (χ2v) is 5.28. The molecule has 5 heteroatoms. The summed E-state index contributed by atoms with van der Waals surface area (Å²) in [5.41, 5.74) is -1.43. The molecular formula is C13H21BO4. The molecule has 0 fully saturated rings. The van der Waals surface area contributed by atoms with Gasteiger partial charge in [0.1, 0.15) is 5.75 Å². The third kappa shape index (κ3) is 3.25. The number of methoxy groups -OCH3 is 1. The summed E-state index contributed by atoms with van der Waals surface area (Å²) in [6.45, 7) is 6.74. The zero-order valence-corrected chi connectivity index (χ0v) is 11.6. The SMILES string of the molecule is COc1ccccc1B(O)OC(C)(C)C(C)(C)O. The van der Waals surface area contributed by atoms with Crippen LogP contribution in [0, 0.1) is 0 Å². The van der Waals surface area contributed by atoms with Gasteiger partial charge in [0, 0.05) is 5.46 Å². The fourth-order valence-electron chi connectivity index (χ4n) is 1.36. The number of para-hydroxylation sites is 1. The Labute approximate surface area is 109 Å². The molecule has 0 bridgehead atoms. The van der Waals surface area contributed by atoms with Crippen molar-refractivity contribution in [3.05, 3.63) is 24.3 Å². The summed E-state index contributed by atoms with van der Waals surface area (Å²) in [7, 11) is 0.384. The van der Waals surface area contributed by atoms with E-state index in [1.165, 1.54) is 7.11 Å². The topological polar surface area (TPSA) is 58.9 Å². The van der Waals surface area contributed by atoms with Crippen molar-refractivity contribution >= 4 is 12.6 Å². The zero-order chi connectivity index (χ0) is 14.0. The van der Waals surface area contributed by atoms with Crippen molar-refractivity contribution in [1.82, 2.24) is 0 Å². The van der Waals surface area contributed by atoms with Crippen LogP contribution in [0.3, 0.4) is 0 Å².